The molecule has 2 N–H and O–H groups in total. The third kappa shape index (κ3) is 5.88. The standard InChI is InChI=1S/C19H28N4O.3ClH/c20-16-3-1-15(2-4-16)6-9-22-10-12-23(13-11-22)19-17-7-14-24-18(17)5-8-21-19;;;/h5,7-8,14-16H,1-4,6,9-13,20H2;3*1H/t15-,16-;;;. The van der Waals surface area contributed by atoms with Gasteiger partial charge in [0.05, 0.1) is 11.6 Å². The topological polar surface area (TPSA) is 58.5 Å². The number of nitrogens with two attached hydrogens (primary N) is 1. The van der Waals surface area contributed by atoms with Gasteiger partial charge in [-0.05, 0) is 56.7 Å². The normalized spacial score (nSPS) is 23.2. The van der Waals surface area contributed by atoms with E-state index in [1.165, 1.54) is 38.6 Å². The van der Waals surface area contributed by atoms with Gasteiger partial charge in [-0.3, -0.25) is 4.90 Å². The number of rotatable bonds is 4. The number of nitrogens with zero attached hydrogens (tertiary/aromatic N) is 3. The van der Waals surface area contributed by atoms with Crippen LogP contribution in [-0.2, 0) is 0 Å². The lowest BCUT2D eigenvalue weighted by atomic mass is 9.84. The molecule has 2 fully saturated rings. The number of hydrogen-bond donors (Lipinski definition) is 1. The Morgan fingerprint density at radius 2 is 1.70 bits per heavy atom. The highest BCUT2D eigenvalue weighted by molar-refractivity contribution is 5.88. The summed E-state index contributed by atoms with van der Waals surface area (Å²) in [6.07, 6.45) is 10.0. The summed E-state index contributed by atoms with van der Waals surface area (Å²) >= 11 is 0. The molecule has 1 aliphatic carbocycles. The number of piperazine rings is 1. The number of furan rings is 1. The second kappa shape index (κ2) is 11.3. The molecule has 0 atom stereocenters. The first kappa shape index (κ1) is 24.3. The molecule has 0 bridgehead atoms. The summed E-state index contributed by atoms with van der Waals surface area (Å²) in [4.78, 5) is 9.60. The molecule has 8 heteroatoms. The van der Waals surface area contributed by atoms with Crippen LogP contribution in [0.25, 0.3) is 11.0 Å². The highest BCUT2D eigenvalue weighted by Gasteiger charge is 2.22. The molecule has 3 heterocycles. The van der Waals surface area contributed by atoms with Gasteiger partial charge < -0.3 is 15.1 Å². The van der Waals surface area contributed by atoms with Gasteiger partial charge in [-0.1, -0.05) is 0 Å². The third-order valence-corrected chi connectivity index (χ3v) is 5.78. The van der Waals surface area contributed by atoms with E-state index in [1.807, 2.05) is 18.3 Å². The molecule has 0 spiro atoms. The Labute approximate surface area is 180 Å². The number of pyridine rings is 1. The zero-order valence-electron chi connectivity index (χ0n) is 15.6. The monoisotopic (exact) mass is 436 g/mol. The Kier molecular flexibility index (Phi) is 10.2. The molecule has 154 valence electrons. The molecule has 0 amide bonds. The van der Waals surface area contributed by atoms with Crippen molar-refractivity contribution in [3.05, 3.63) is 24.6 Å². The Hall–Kier alpha value is -0.720. The van der Waals surface area contributed by atoms with Gasteiger partial charge >= 0.3 is 0 Å². The minimum absolute atomic E-state index is 0. The SMILES string of the molecule is Cl.Cl.Cl.N[C@H]1CC[C@H](CCN2CCN(c3nccc4occc34)CC2)CC1. The van der Waals surface area contributed by atoms with Crippen molar-refractivity contribution >= 4 is 54.0 Å². The van der Waals surface area contributed by atoms with Gasteiger partial charge in [0.1, 0.15) is 11.4 Å². The van der Waals surface area contributed by atoms with Crippen LogP contribution in [0, 0.1) is 5.92 Å². The van der Waals surface area contributed by atoms with Crippen LogP contribution in [0.4, 0.5) is 5.82 Å². The molecule has 0 radical (unpaired) electrons. The van der Waals surface area contributed by atoms with Crippen LogP contribution in [-0.4, -0.2) is 48.6 Å². The summed E-state index contributed by atoms with van der Waals surface area (Å²) in [7, 11) is 0. The molecule has 1 aliphatic heterocycles. The molecular weight excluding hydrogens is 407 g/mol. The van der Waals surface area contributed by atoms with Crippen molar-refractivity contribution in [2.45, 2.75) is 38.1 Å². The molecule has 2 aromatic rings. The van der Waals surface area contributed by atoms with E-state index in [4.69, 9.17) is 10.2 Å². The fourth-order valence-electron chi connectivity index (χ4n) is 4.16. The van der Waals surface area contributed by atoms with Crippen LogP contribution in [0.15, 0.2) is 29.0 Å². The summed E-state index contributed by atoms with van der Waals surface area (Å²) in [5.41, 5.74) is 6.94. The fraction of sp³-hybridized carbons (Fsp3) is 0.632. The maximum atomic E-state index is 6.01. The van der Waals surface area contributed by atoms with Gasteiger partial charge in [-0.15, -0.1) is 37.2 Å². The minimum atomic E-state index is 0. The smallest absolute Gasteiger partial charge is 0.139 e. The van der Waals surface area contributed by atoms with E-state index in [0.717, 1.165) is 48.9 Å². The predicted octanol–water partition coefficient (Wildman–Crippen LogP) is 4.12. The quantitative estimate of drug-likeness (QED) is 0.779. The van der Waals surface area contributed by atoms with Crippen molar-refractivity contribution in [3.63, 3.8) is 0 Å². The van der Waals surface area contributed by atoms with Crippen molar-refractivity contribution in [1.82, 2.24) is 9.88 Å². The third-order valence-electron chi connectivity index (χ3n) is 5.78. The van der Waals surface area contributed by atoms with E-state index >= 15 is 0 Å². The largest absolute Gasteiger partial charge is 0.464 e. The van der Waals surface area contributed by atoms with Crippen molar-refractivity contribution < 1.29 is 4.42 Å². The van der Waals surface area contributed by atoms with Gasteiger partial charge in [-0.2, -0.15) is 0 Å². The van der Waals surface area contributed by atoms with Crippen LogP contribution in [0.3, 0.4) is 0 Å². The van der Waals surface area contributed by atoms with Crippen molar-refractivity contribution in [3.8, 4) is 0 Å². The Bertz CT molecular complexity index is 668. The van der Waals surface area contributed by atoms with Crippen LogP contribution in [0.5, 0.6) is 0 Å². The highest BCUT2D eigenvalue weighted by atomic mass is 35.5. The summed E-state index contributed by atoms with van der Waals surface area (Å²) < 4.78 is 5.50. The van der Waals surface area contributed by atoms with E-state index in [0.29, 0.717) is 6.04 Å². The second-order valence-electron chi connectivity index (χ2n) is 7.37. The molecule has 4 rings (SSSR count). The van der Waals surface area contributed by atoms with Gasteiger partial charge in [0.25, 0.3) is 0 Å². The Morgan fingerprint density at radius 3 is 2.41 bits per heavy atom. The maximum absolute atomic E-state index is 6.01. The number of halogens is 3. The van der Waals surface area contributed by atoms with Crippen molar-refractivity contribution in [2.75, 3.05) is 37.6 Å². The number of fused-ring (bicyclic) bond motifs is 1. The van der Waals surface area contributed by atoms with Crippen LogP contribution in [0.1, 0.15) is 32.1 Å². The molecule has 2 aliphatic rings. The predicted molar refractivity (Wildman–Crippen MR) is 119 cm³/mol. The molecule has 0 unspecified atom stereocenters. The fourth-order valence-corrected chi connectivity index (χ4v) is 4.16. The van der Waals surface area contributed by atoms with Gasteiger partial charge in [0.2, 0.25) is 0 Å². The van der Waals surface area contributed by atoms with E-state index in [9.17, 15) is 0 Å². The van der Waals surface area contributed by atoms with Crippen molar-refractivity contribution in [1.29, 1.82) is 0 Å². The first-order valence-corrected chi connectivity index (χ1v) is 9.34. The number of aromatic nitrogens is 1. The highest BCUT2D eigenvalue weighted by Crippen LogP contribution is 2.28. The maximum Gasteiger partial charge on any atom is 0.139 e. The van der Waals surface area contributed by atoms with Crippen LogP contribution >= 0.6 is 37.2 Å². The van der Waals surface area contributed by atoms with E-state index in [1.54, 1.807) is 6.26 Å². The molecule has 1 saturated heterocycles. The Balaban J connectivity index is 0.00000121. The number of anilines is 1. The molecule has 2 aromatic heterocycles. The summed E-state index contributed by atoms with van der Waals surface area (Å²) in [5.74, 6) is 1.96. The van der Waals surface area contributed by atoms with Crippen molar-refractivity contribution in [2.24, 2.45) is 11.7 Å². The first-order valence-electron chi connectivity index (χ1n) is 9.34. The molecule has 5 nitrogen and oxygen atoms in total. The van der Waals surface area contributed by atoms with Gasteiger partial charge in [-0.25, -0.2) is 4.98 Å². The zero-order valence-corrected chi connectivity index (χ0v) is 18.0. The van der Waals surface area contributed by atoms with Crippen LogP contribution < -0.4 is 10.6 Å². The van der Waals surface area contributed by atoms with E-state index in [2.05, 4.69) is 14.8 Å². The number of hydrogen-bond acceptors (Lipinski definition) is 5. The molecule has 1 saturated carbocycles. The average molecular weight is 438 g/mol. The minimum Gasteiger partial charge on any atom is -0.464 e. The van der Waals surface area contributed by atoms with Gasteiger partial charge in [0.15, 0.2) is 0 Å². The Morgan fingerprint density at radius 1 is 1.00 bits per heavy atom. The van der Waals surface area contributed by atoms with Crippen LogP contribution in [0.2, 0.25) is 0 Å². The van der Waals surface area contributed by atoms with Gasteiger partial charge in [0, 0.05) is 38.4 Å². The average Bonchev–Trinajstić information content (AvgIpc) is 3.10. The second-order valence-corrected chi connectivity index (χ2v) is 7.37. The first-order chi connectivity index (χ1) is 11.8. The molecule has 0 aromatic carbocycles. The summed E-state index contributed by atoms with van der Waals surface area (Å²) in [6.45, 7) is 5.58. The van der Waals surface area contributed by atoms with E-state index < -0.39 is 0 Å². The summed E-state index contributed by atoms with van der Waals surface area (Å²) in [6, 6.07) is 4.42. The molecule has 27 heavy (non-hydrogen) atoms. The lowest BCUT2D eigenvalue weighted by Gasteiger charge is -2.36. The lowest BCUT2D eigenvalue weighted by Crippen LogP contribution is -2.47. The zero-order chi connectivity index (χ0) is 16.4. The lowest BCUT2D eigenvalue weighted by molar-refractivity contribution is 0.216. The van der Waals surface area contributed by atoms with E-state index in [-0.39, 0.29) is 37.2 Å². The summed E-state index contributed by atoms with van der Waals surface area (Å²) in [5, 5.41) is 1.13. The molecular formula is C19H31Cl3N4O.